The fraction of sp³-hybridized carbons (Fsp3) is 0.192. The predicted octanol–water partition coefficient (Wildman–Crippen LogP) is 5.86. The lowest BCUT2D eigenvalue weighted by molar-refractivity contribution is 0.0697. The monoisotopic (exact) mass is 474 g/mol. The third-order valence-electron chi connectivity index (χ3n) is 5.74. The van der Waals surface area contributed by atoms with Gasteiger partial charge in [-0.05, 0) is 61.6 Å². The fourth-order valence-corrected chi connectivity index (χ4v) is 5.35. The second kappa shape index (κ2) is 9.52. The molecule has 0 radical (unpaired) electrons. The number of carbonyl (C=O) groups is 2. The Morgan fingerprint density at radius 2 is 1.94 bits per heavy atom. The minimum atomic E-state index is -1.02. The number of aromatic carboxylic acids is 1. The number of benzene rings is 1. The van der Waals surface area contributed by atoms with Gasteiger partial charge >= 0.3 is 5.97 Å². The van der Waals surface area contributed by atoms with Crippen LogP contribution < -0.4 is 5.32 Å². The van der Waals surface area contributed by atoms with Crippen LogP contribution in [0.25, 0.3) is 11.3 Å². The van der Waals surface area contributed by atoms with E-state index in [1.165, 1.54) is 10.9 Å². The van der Waals surface area contributed by atoms with E-state index in [9.17, 15) is 14.7 Å². The van der Waals surface area contributed by atoms with E-state index in [-0.39, 0.29) is 11.5 Å². The standard InChI is InChI=1S/C26H22N2O5S/c29-24(27-14-16-6-5-13-32-16)23-20-9-3-4-10-22(20)34-25(23)28-15-17-11-12-21(33-17)18-7-1-2-8-19(18)26(30)31/h1-2,5-8,11-13,15H,3-4,9-10,14H2,(H,27,29)(H,30,31). The van der Waals surface area contributed by atoms with Crippen molar-refractivity contribution < 1.29 is 23.5 Å². The summed E-state index contributed by atoms with van der Waals surface area (Å²) in [6, 6.07) is 13.8. The Kier molecular flexibility index (Phi) is 6.14. The summed E-state index contributed by atoms with van der Waals surface area (Å²) in [7, 11) is 0. The van der Waals surface area contributed by atoms with Gasteiger partial charge in [0.05, 0.1) is 30.1 Å². The number of aliphatic imine (C=N–C) groups is 1. The lowest BCUT2D eigenvalue weighted by atomic mass is 9.95. The zero-order valence-electron chi connectivity index (χ0n) is 18.2. The van der Waals surface area contributed by atoms with Crippen LogP contribution in [-0.2, 0) is 19.4 Å². The quantitative estimate of drug-likeness (QED) is 0.327. The van der Waals surface area contributed by atoms with E-state index in [0.29, 0.717) is 40.0 Å². The number of carboxylic acids is 1. The molecule has 8 heteroatoms. The molecule has 0 fully saturated rings. The Morgan fingerprint density at radius 3 is 2.76 bits per heavy atom. The first kappa shape index (κ1) is 21.9. The largest absolute Gasteiger partial charge is 0.478 e. The molecule has 34 heavy (non-hydrogen) atoms. The van der Waals surface area contributed by atoms with Crippen LogP contribution in [0.4, 0.5) is 5.00 Å². The molecule has 1 aromatic carbocycles. The van der Waals surface area contributed by atoms with Crippen molar-refractivity contribution in [2.24, 2.45) is 4.99 Å². The molecule has 1 amide bonds. The normalized spacial score (nSPS) is 13.2. The van der Waals surface area contributed by atoms with Gasteiger partial charge in [-0.3, -0.25) is 4.79 Å². The van der Waals surface area contributed by atoms with E-state index in [2.05, 4.69) is 10.3 Å². The Bertz CT molecular complexity index is 1360. The lowest BCUT2D eigenvalue weighted by Crippen LogP contribution is -2.23. The van der Waals surface area contributed by atoms with Crippen molar-refractivity contribution >= 4 is 34.4 Å². The Labute approximate surface area is 199 Å². The summed E-state index contributed by atoms with van der Waals surface area (Å²) >= 11 is 1.54. The maximum Gasteiger partial charge on any atom is 0.336 e. The molecule has 3 aromatic heterocycles. The number of hydrogen-bond acceptors (Lipinski definition) is 6. The number of nitrogens with one attached hydrogen (secondary N) is 1. The number of aryl methyl sites for hydroxylation is 1. The van der Waals surface area contributed by atoms with Crippen LogP contribution in [0.2, 0.25) is 0 Å². The predicted molar refractivity (Wildman–Crippen MR) is 129 cm³/mol. The SMILES string of the molecule is O=C(O)c1ccccc1-c1ccc(C=Nc2sc3c(c2C(=O)NCc2ccco2)CCCC3)o1. The first-order valence-electron chi connectivity index (χ1n) is 11.0. The number of nitrogens with zero attached hydrogens (tertiary/aromatic N) is 1. The second-order valence-electron chi connectivity index (χ2n) is 7.96. The van der Waals surface area contributed by atoms with Crippen LogP contribution >= 0.6 is 11.3 Å². The molecule has 0 saturated heterocycles. The van der Waals surface area contributed by atoms with Crippen molar-refractivity contribution in [3.8, 4) is 11.3 Å². The van der Waals surface area contributed by atoms with Crippen molar-refractivity contribution in [2.45, 2.75) is 32.2 Å². The smallest absolute Gasteiger partial charge is 0.336 e. The number of hydrogen-bond donors (Lipinski definition) is 2. The molecule has 0 saturated carbocycles. The minimum Gasteiger partial charge on any atom is -0.478 e. The number of carboxylic acid groups (broad SMARTS) is 1. The fourth-order valence-electron chi connectivity index (χ4n) is 4.12. The van der Waals surface area contributed by atoms with Gasteiger partial charge in [-0.1, -0.05) is 18.2 Å². The Balaban J connectivity index is 1.41. The van der Waals surface area contributed by atoms with Crippen molar-refractivity contribution in [3.63, 3.8) is 0 Å². The summed E-state index contributed by atoms with van der Waals surface area (Å²) in [5, 5.41) is 13.0. The van der Waals surface area contributed by atoms with Gasteiger partial charge < -0.3 is 19.3 Å². The van der Waals surface area contributed by atoms with Crippen LogP contribution in [0.15, 0.2) is 68.6 Å². The third-order valence-corrected chi connectivity index (χ3v) is 6.94. The summed E-state index contributed by atoms with van der Waals surface area (Å²) in [4.78, 5) is 30.4. The Morgan fingerprint density at radius 1 is 1.09 bits per heavy atom. The maximum atomic E-state index is 13.1. The topological polar surface area (TPSA) is 105 Å². The molecule has 0 atom stereocenters. The summed E-state index contributed by atoms with van der Waals surface area (Å²) in [5.74, 6) is 0.423. The molecule has 1 aliphatic carbocycles. The summed E-state index contributed by atoms with van der Waals surface area (Å²) in [5.41, 5.74) is 2.36. The van der Waals surface area contributed by atoms with Crippen molar-refractivity contribution in [3.05, 3.63) is 87.9 Å². The van der Waals surface area contributed by atoms with Gasteiger partial charge in [0.2, 0.25) is 0 Å². The number of rotatable bonds is 7. The minimum absolute atomic E-state index is 0.168. The van der Waals surface area contributed by atoms with Gasteiger partial charge in [-0.2, -0.15) is 0 Å². The maximum absolute atomic E-state index is 13.1. The van der Waals surface area contributed by atoms with Crippen molar-refractivity contribution in [1.82, 2.24) is 5.32 Å². The van der Waals surface area contributed by atoms with Gasteiger partial charge in [-0.25, -0.2) is 9.79 Å². The number of fused-ring (bicyclic) bond motifs is 1. The molecule has 5 rings (SSSR count). The summed E-state index contributed by atoms with van der Waals surface area (Å²) < 4.78 is 11.2. The first-order chi connectivity index (χ1) is 16.6. The van der Waals surface area contributed by atoms with Crippen LogP contribution in [0.1, 0.15) is 55.5 Å². The third kappa shape index (κ3) is 4.45. The van der Waals surface area contributed by atoms with Crippen LogP contribution in [0.3, 0.4) is 0 Å². The number of carbonyl (C=O) groups excluding carboxylic acids is 1. The lowest BCUT2D eigenvalue weighted by Gasteiger charge is -2.12. The molecular weight excluding hydrogens is 452 g/mol. The number of furan rings is 2. The van der Waals surface area contributed by atoms with Gasteiger partial charge in [0.25, 0.3) is 5.91 Å². The van der Waals surface area contributed by atoms with E-state index in [4.69, 9.17) is 8.83 Å². The van der Waals surface area contributed by atoms with Gasteiger partial charge in [0.1, 0.15) is 22.3 Å². The van der Waals surface area contributed by atoms with Crippen molar-refractivity contribution in [1.29, 1.82) is 0 Å². The molecule has 1 aliphatic rings. The van der Waals surface area contributed by atoms with Crippen LogP contribution in [0, 0.1) is 0 Å². The van der Waals surface area contributed by atoms with E-state index in [1.54, 1.807) is 60.2 Å². The first-order valence-corrected chi connectivity index (χ1v) is 11.8. The highest BCUT2D eigenvalue weighted by atomic mass is 32.1. The molecule has 0 unspecified atom stereocenters. The molecule has 0 aliphatic heterocycles. The van der Waals surface area contributed by atoms with Crippen LogP contribution in [-0.4, -0.2) is 23.2 Å². The highest BCUT2D eigenvalue weighted by Crippen LogP contribution is 2.40. The molecule has 0 bridgehead atoms. The molecule has 172 valence electrons. The van der Waals surface area contributed by atoms with Gasteiger partial charge in [-0.15, -0.1) is 11.3 Å². The van der Waals surface area contributed by atoms with E-state index in [0.717, 1.165) is 31.2 Å². The summed E-state index contributed by atoms with van der Waals surface area (Å²) in [6.45, 7) is 0.310. The highest BCUT2D eigenvalue weighted by molar-refractivity contribution is 7.16. The molecule has 4 aromatic rings. The highest BCUT2D eigenvalue weighted by Gasteiger charge is 2.25. The average Bonchev–Trinajstić information content (AvgIpc) is 3.61. The van der Waals surface area contributed by atoms with E-state index >= 15 is 0 Å². The van der Waals surface area contributed by atoms with Gasteiger partial charge in [0, 0.05) is 10.4 Å². The van der Waals surface area contributed by atoms with Crippen LogP contribution in [0.5, 0.6) is 0 Å². The van der Waals surface area contributed by atoms with E-state index < -0.39 is 5.97 Å². The number of thiophene rings is 1. The molecular formula is C26H22N2O5S. The van der Waals surface area contributed by atoms with Crippen molar-refractivity contribution in [2.75, 3.05) is 0 Å². The molecule has 3 heterocycles. The summed E-state index contributed by atoms with van der Waals surface area (Å²) in [6.07, 6.45) is 7.13. The molecule has 7 nitrogen and oxygen atoms in total. The number of amides is 1. The Hall–Kier alpha value is -3.91. The van der Waals surface area contributed by atoms with E-state index in [1.807, 2.05) is 6.07 Å². The zero-order valence-corrected chi connectivity index (χ0v) is 19.1. The average molecular weight is 475 g/mol. The second-order valence-corrected chi connectivity index (χ2v) is 9.05. The molecule has 2 N–H and O–H groups in total. The zero-order chi connectivity index (χ0) is 23.5. The van der Waals surface area contributed by atoms with Gasteiger partial charge in [0.15, 0.2) is 0 Å². The molecule has 0 spiro atoms.